The summed E-state index contributed by atoms with van der Waals surface area (Å²) in [7, 11) is 1.59. The summed E-state index contributed by atoms with van der Waals surface area (Å²) < 4.78 is 10.6. The summed E-state index contributed by atoms with van der Waals surface area (Å²) in [5, 5.41) is 9.22. The monoisotopic (exact) mass is 421 g/mol. The number of amides is 1. The highest BCUT2D eigenvalue weighted by Crippen LogP contribution is 2.19. The maximum atomic E-state index is 12.6. The van der Waals surface area contributed by atoms with Gasteiger partial charge in [0.1, 0.15) is 12.4 Å². The van der Waals surface area contributed by atoms with Crippen LogP contribution in [0.5, 0.6) is 5.75 Å². The zero-order chi connectivity index (χ0) is 21.2. The standard InChI is InChI=1S/C23H23N3O3S/c1-28-15-16-29-21-10-6-5-9-20(21)22(27)26-23(30)25-19-13-11-18(12-14-19)24-17-7-3-2-4-8-17/h2-14,24H,15-16H2,1H3,(H2,25,26,27,30). The van der Waals surface area contributed by atoms with Crippen LogP contribution in [0, 0.1) is 0 Å². The Hall–Kier alpha value is -3.42. The topological polar surface area (TPSA) is 71.6 Å². The molecule has 0 bridgehead atoms. The van der Waals surface area contributed by atoms with Crippen LogP contribution in [-0.2, 0) is 4.74 Å². The molecule has 0 saturated heterocycles. The van der Waals surface area contributed by atoms with Crippen molar-refractivity contribution in [3.63, 3.8) is 0 Å². The summed E-state index contributed by atoms with van der Waals surface area (Å²) in [4.78, 5) is 12.6. The second kappa shape index (κ2) is 10.9. The first-order valence-corrected chi connectivity index (χ1v) is 9.82. The molecule has 0 aliphatic heterocycles. The van der Waals surface area contributed by atoms with E-state index in [1.54, 1.807) is 31.4 Å². The highest BCUT2D eigenvalue weighted by molar-refractivity contribution is 7.80. The van der Waals surface area contributed by atoms with Gasteiger partial charge >= 0.3 is 0 Å². The van der Waals surface area contributed by atoms with Gasteiger partial charge in [-0.2, -0.15) is 0 Å². The van der Waals surface area contributed by atoms with Crippen molar-refractivity contribution in [2.45, 2.75) is 0 Å². The molecule has 30 heavy (non-hydrogen) atoms. The molecule has 3 aromatic carbocycles. The van der Waals surface area contributed by atoms with Gasteiger partial charge in [0.2, 0.25) is 0 Å². The predicted molar refractivity (Wildman–Crippen MR) is 124 cm³/mol. The number of anilines is 3. The number of rotatable bonds is 8. The van der Waals surface area contributed by atoms with E-state index in [2.05, 4.69) is 16.0 Å². The molecule has 0 radical (unpaired) electrons. The Morgan fingerprint density at radius 1 is 0.833 bits per heavy atom. The molecule has 7 heteroatoms. The number of hydrogen-bond acceptors (Lipinski definition) is 5. The SMILES string of the molecule is COCCOc1ccccc1C(=O)NC(=S)Nc1ccc(Nc2ccccc2)cc1. The minimum Gasteiger partial charge on any atom is -0.490 e. The van der Waals surface area contributed by atoms with Crippen LogP contribution in [-0.4, -0.2) is 31.3 Å². The molecule has 0 heterocycles. The molecular weight excluding hydrogens is 398 g/mol. The van der Waals surface area contributed by atoms with Crippen molar-refractivity contribution in [2.75, 3.05) is 31.0 Å². The van der Waals surface area contributed by atoms with Crippen molar-refractivity contribution in [3.8, 4) is 5.75 Å². The van der Waals surface area contributed by atoms with E-state index >= 15 is 0 Å². The second-order valence-corrected chi connectivity index (χ2v) is 6.72. The van der Waals surface area contributed by atoms with Gasteiger partial charge in [-0.15, -0.1) is 0 Å². The molecule has 0 aliphatic rings. The summed E-state index contributed by atoms with van der Waals surface area (Å²) >= 11 is 5.28. The fourth-order valence-corrected chi connectivity index (χ4v) is 2.88. The zero-order valence-corrected chi connectivity index (χ0v) is 17.4. The van der Waals surface area contributed by atoms with E-state index in [4.69, 9.17) is 21.7 Å². The Morgan fingerprint density at radius 2 is 1.47 bits per heavy atom. The number of methoxy groups -OCH3 is 1. The van der Waals surface area contributed by atoms with Crippen molar-refractivity contribution in [1.29, 1.82) is 0 Å². The van der Waals surface area contributed by atoms with E-state index < -0.39 is 0 Å². The molecule has 3 aromatic rings. The molecule has 0 saturated carbocycles. The minimum absolute atomic E-state index is 0.204. The Kier molecular flexibility index (Phi) is 7.77. The largest absolute Gasteiger partial charge is 0.490 e. The van der Waals surface area contributed by atoms with E-state index in [-0.39, 0.29) is 11.0 Å². The molecule has 1 amide bonds. The van der Waals surface area contributed by atoms with E-state index in [0.29, 0.717) is 24.5 Å². The molecular formula is C23H23N3O3S. The van der Waals surface area contributed by atoms with E-state index in [9.17, 15) is 4.79 Å². The van der Waals surface area contributed by atoms with E-state index in [0.717, 1.165) is 17.1 Å². The van der Waals surface area contributed by atoms with Crippen LogP contribution in [0.4, 0.5) is 17.1 Å². The molecule has 6 nitrogen and oxygen atoms in total. The van der Waals surface area contributed by atoms with Crippen LogP contribution in [0.3, 0.4) is 0 Å². The van der Waals surface area contributed by atoms with Crippen LogP contribution in [0.15, 0.2) is 78.9 Å². The normalized spacial score (nSPS) is 10.2. The zero-order valence-electron chi connectivity index (χ0n) is 16.6. The van der Waals surface area contributed by atoms with Crippen molar-refractivity contribution in [2.24, 2.45) is 0 Å². The average Bonchev–Trinajstić information content (AvgIpc) is 2.76. The Bertz CT molecular complexity index is 978. The average molecular weight is 422 g/mol. The summed E-state index contributed by atoms with van der Waals surface area (Å²) in [6.45, 7) is 0.790. The third-order valence-electron chi connectivity index (χ3n) is 4.11. The van der Waals surface area contributed by atoms with Crippen LogP contribution >= 0.6 is 12.2 Å². The highest BCUT2D eigenvalue weighted by atomic mass is 32.1. The number of carbonyl (C=O) groups is 1. The molecule has 0 aromatic heterocycles. The number of ether oxygens (including phenoxy) is 2. The third kappa shape index (κ3) is 6.30. The van der Waals surface area contributed by atoms with Crippen molar-refractivity contribution in [3.05, 3.63) is 84.4 Å². The van der Waals surface area contributed by atoms with Gasteiger partial charge in [0.05, 0.1) is 12.2 Å². The first-order valence-electron chi connectivity index (χ1n) is 9.41. The van der Waals surface area contributed by atoms with Gasteiger partial charge < -0.3 is 20.1 Å². The number of benzene rings is 3. The molecule has 3 rings (SSSR count). The summed E-state index contributed by atoms with van der Waals surface area (Å²) in [5.74, 6) is 0.133. The number of para-hydroxylation sites is 2. The van der Waals surface area contributed by atoms with Crippen LogP contribution in [0.2, 0.25) is 0 Å². The van der Waals surface area contributed by atoms with Gasteiger partial charge in [-0.1, -0.05) is 30.3 Å². The minimum atomic E-state index is -0.345. The third-order valence-corrected chi connectivity index (χ3v) is 4.31. The molecule has 3 N–H and O–H groups in total. The van der Waals surface area contributed by atoms with Crippen LogP contribution in [0.25, 0.3) is 0 Å². The lowest BCUT2D eigenvalue weighted by Gasteiger charge is -2.13. The van der Waals surface area contributed by atoms with Crippen LogP contribution in [0.1, 0.15) is 10.4 Å². The highest BCUT2D eigenvalue weighted by Gasteiger charge is 2.13. The molecule has 0 fully saturated rings. The van der Waals surface area contributed by atoms with Gasteiger partial charge in [-0.05, 0) is 60.7 Å². The van der Waals surface area contributed by atoms with E-state index in [1.807, 2.05) is 54.6 Å². The smallest absolute Gasteiger partial charge is 0.261 e. The summed E-state index contributed by atoms with van der Waals surface area (Å²) in [6, 6.07) is 24.5. The first kappa shape index (κ1) is 21.3. The Morgan fingerprint density at radius 3 is 2.20 bits per heavy atom. The summed E-state index contributed by atoms with van der Waals surface area (Å²) in [5.41, 5.74) is 3.12. The molecule has 0 spiro atoms. The van der Waals surface area contributed by atoms with E-state index in [1.165, 1.54) is 0 Å². The van der Waals surface area contributed by atoms with Gasteiger partial charge in [0, 0.05) is 24.2 Å². The maximum Gasteiger partial charge on any atom is 0.261 e. The Balaban J connectivity index is 1.56. The number of thiocarbonyl (C=S) groups is 1. The van der Waals surface area contributed by atoms with Crippen molar-refractivity contribution >= 4 is 40.3 Å². The van der Waals surface area contributed by atoms with Gasteiger partial charge in [-0.25, -0.2) is 0 Å². The van der Waals surface area contributed by atoms with Crippen molar-refractivity contribution in [1.82, 2.24) is 5.32 Å². The number of nitrogens with one attached hydrogen (secondary N) is 3. The lowest BCUT2D eigenvalue weighted by Crippen LogP contribution is -2.34. The van der Waals surface area contributed by atoms with Gasteiger partial charge in [0.25, 0.3) is 5.91 Å². The fraction of sp³-hybridized carbons (Fsp3) is 0.130. The maximum absolute atomic E-state index is 12.6. The lowest BCUT2D eigenvalue weighted by atomic mass is 10.2. The fourth-order valence-electron chi connectivity index (χ4n) is 2.67. The molecule has 0 atom stereocenters. The second-order valence-electron chi connectivity index (χ2n) is 6.31. The first-order chi connectivity index (χ1) is 14.7. The number of carbonyl (C=O) groups excluding carboxylic acids is 1. The predicted octanol–water partition coefficient (Wildman–Crippen LogP) is 4.58. The Labute approximate surface area is 181 Å². The van der Waals surface area contributed by atoms with Gasteiger partial charge in [-0.3, -0.25) is 10.1 Å². The van der Waals surface area contributed by atoms with Gasteiger partial charge in [0.15, 0.2) is 5.11 Å². The van der Waals surface area contributed by atoms with Crippen LogP contribution < -0.4 is 20.7 Å². The molecule has 0 unspecified atom stereocenters. The lowest BCUT2D eigenvalue weighted by molar-refractivity contribution is 0.0970. The quantitative estimate of drug-likeness (QED) is 0.365. The van der Waals surface area contributed by atoms with Crippen molar-refractivity contribution < 1.29 is 14.3 Å². The summed E-state index contributed by atoms with van der Waals surface area (Å²) in [6.07, 6.45) is 0. The molecule has 154 valence electrons. The number of hydrogen-bond donors (Lipinski definition) is 3. The molecule has 0 aliphatic carbocycles.